The number of hydrogen-bond donors (Lipinski definition) is 2. The van der Waals surface area contributed by atoms with E-state index in [0.29, 0.717) is 0 Å². The number of rotatable bonds is 4. The Morgan fingerprint density at radius 2 is 1.69 bits per heavy atom. The second kappa shape index (κ2) is 6.93. The second-order valence-electron chi connectivity index (χ2n) is 6.97. The lowest BCUT2D eigenvalue weighted by molar-refractivity contribution is -0.144. The van der Waals surface area contributed by atoms with Crippen LogP contribution in [0.3, 0.4) is 0 Å². The van der Waals surface area contributed by atoms with Gasteiger partial charge in [0.15, 0.2) is 5.69 Å². The summed E-state index contributed by atoms with van der Waals surface area (Å²) in [6.07, 6.45) is -4.83. The molecule has 1 aromatic heterocycles. The lowest BCUT2D eigenvalue weighted by Crippen LogP contribution is -2.18. The van der Waals surface area contributed by atoms with Crippen molar-refractivity contribution in [1.29, 1.82) is 0 Å². The van der Waals surface area contributed by atoms with Crippen molar-refractivity contribution in [2.24, 2.45) is 0 Å². The molecule has 8 heteroatoms. The van der Waals surface area contributed by atoms with Crippen LogP contribution in [0.15, 0.2) is 24.3 Å². The molecule has 140 valence electrons. The van der Waals surface area contributed by atoms with Crippen LogP contribution in [0.1, 0.15) is 53.8 Å². The van der Waals surface area contributed by atoms with E-state index in [9.17, 15) is 18.0 Å². The van der Waals surface area contributed by atoms with Crippen LogP contribution < -0.4 is 5.32 Å². The first-order chi connectivity index (χ1) is 11.9. The Kier molecular flexibility index (Phi) is 5.25. The van der Waals surface area contributed by atoms with Crippen LogP contribution in [0.2, 0.25) is 0 Å². The van der Waals surface area contributed by atoms with Crippen LogP contribution in [0.4, 0.5) is 19.0 Å². The molecule has 5 nitrogen and oxygen atoms in total. The Morgan fingerprint density at radius 3 is 2.15 bits per heavy atom. The van der Waals surface area contributed by atoms with Gasteiger partial charge in [0.05, 0.1) is 0 Å². The number of nitrogens with zero attached hydrogens (tertiary/aromatic N) is 2. The van der Waals surface area contributed by atoms with Gasteiger partial charge >= 0.3 is 12.1 Å². The minimum atomic E-state index is -4.83. The van der Waals surface area contributed by atoms with E-state index in [1.54, 1.807) is 0 Å². The van der Waals surface area contributed by atoms with Gasteiger partial charge in [0.1, 0.15) is 5.82 Å². The standard InChI is InChI=1S/C18H20F3N3O2/c1-10-13(15(25)26)23-16(18(19,20)21)24-14(10)22-9-11-5-7-12(8-6-11)17(2,3)4/h5-8H,9H2,1-4H3,(H,25,26)(H,22,23,24). The van der Waals surface area contributed by atoms with Crippen LogP contribution >= 0.6 is 0 Å². The van der Waals surface area contributed by atoms with Crippen molar-refractivity contribution in [2.45, 2.75) is 45.8 Å². The van der Waals surface area contributed by atoms with Crippen LogP contribution in [0.5, 0.6) is 0 Å². The molecular weight excluding hydrogens is 347 g/mol. The molecule has 2 aromatic rings. The summed E-state index contributed by atoms with van der Waals surface area (Å²) in [5.41, 5.74) is 1.34. The maximum atomic E-state index is 12.9. The van der Waals surface area contributed by atoms with Crippen molar-refractivity contribution in [2.75, 3.05) is 5.32 Å². The number of anilines is 1. The number of nitrogens with one attached hydrogen (secondary N) is 1. The van der Waals surface area contributed by atoms with Gasteiger partial charge < -0.3 is 10.4 Å². The summed E-state index contributed by atoms with van der Waals surface area (Å²) in [6, 6.07) is 7.64. The zero-order valence-electron chi connectivity index (χ0n) is 14.9. The van der Waals surface area contributed by atoms with Gasteiger partial charge in [0.2, 0.25) is 5.82 Å². The smallest absolute Gasteiger partial charge is 0.451 e. The predicted octanol–water partition coefficient (Wildman–Crippen LogP) is 4.41. The summed E-state index contributed by atoms with van der Waals surface area (Å²) < 4.78 is 38.7. The van der Waals surface area contributed by atoms with Gasteiger partial charge in [-0.15, -0.1) is 0 Å². The quantitative estimate of drug-likeness (QED) is 0.837. The summed E-state index contributed by atoms with van der Waals surface area (Å²) in [6.45, 7) is 7.82. The fourth-order valence-electron chi connectivity index (χ4n) is 2.33. The average molecular weight is 367 g/mol. The van der Waals surface area contributed by atoms with Gasteiger partial charge in [0, 0.05) is 12.1 Å². The van der Waals surface area contributed by atoms with Crippen LogP contribution in [0, 0.1) is 6.92 Å². The average Bonchev–Trinajstić information content (AvgIpc) is 2.52. The summed E-state index contributed by atoms with van der Waals surface area (Å²) in [4.78, 5) is 17.7. The zero-order chi connectivity index (χ0) is 19.7. The largest absolute Gasteiger partial charge is 0.476 e. The van der Waals surface area contributed by atoms with Gasteiger partial charge in [0.25, 0.3) is 0 Å². The van der Waals surface area contributed by atoms with Crippen molar-refractivity contribution in [3.63, 3.8) is 0 Å². The molecule has 0 amide bonds. The summed E-state index contributed by atoms with van der Waals surface area (Å²) >= 11 is 0. The minimum Gasteiger partial charge on any atom is -0.476 e. The van der Waals surface area contributed by atoms with Gasteiger partial charge in [-0.05, 0) is 23.5 Å². The number of aromatic nitrogens is 2. The summed E-state index contributed by atoms with van der Waals surface area (Å²) in [7, 11) is 0. The van der Waals surface area contributed by atoms with E-state index in [-0.39, 0.29) is 23.3 Å². The molecule has 0 fully saturated rings. The Morgan fingerprint density at radius 1 is 1.12 bits per heavy atom. The van der Waals surface area contributed by atoms with Crippen molar-refractivity contribution in [3.8, 4) is 0 Å². The third-order valence-corrected chi connectivity index (χ3v) is 3.88. The molecule has 0 radical (unpaired) electrons. The molecule has 0 aliphatic carbocycles. The number of carbonyl (C=O) groups is 1. The van der Waals surface area contributed by atoms with Crippen LogP contribution in [-0.2, 0) is 18.1 Å². The topological polar surface area (TPSA) is 75.1 Å². The highest BCUT2D eigenvalue weighted by Gasteiger charge is 2.36. The molecule has 0 bridgehead atoms. The Labute approximate surface area is 149 Å². The number of halogens is 3. The molecule has 0 saturated carbocycles. The SMILES string of the molecule is Cc1c(NCc2ccc(C(C)(C)C)cc2)nc(C(F)(F)F)nc1C(=O)O. The highest BCUT2D eigenvalue weighted by Crippen LogP contribution is 2.29. The third-order valence-electron chi connectivity index (χ3n) is 3.88. The highest BCUT2D eigenvalue weighted by atomic mass is 19.4. The fraction of sp³-hybridized carbons (Fsp3) is 0.389. The van der Waals surface area contributed by atoms with E-state index in [2.05, 4.69) is 36.1 Å². The first-order valence-corrected chi connectivity index (χ1v) is 7.92. The second-order valence-corrected chi connectivity index (χ2v) is 6.97. The molecular formula is C18H20F3N3O2. The number of carboxylic acid groups (broad SMARTS) is 1. The number of aromatic carboxylic acids is 1. The number of alkyl halides is 3. The van der Waals surface area contributed by atoms with Gasteiger partial charge in [-0.3, -0.25) is 0 Å². The molecule has 0 atom stereocenters. The molecule has 26 heavy (non-hydrogen) atoms. The third kappa shape index (κ3) is 4.50. The molecule has 0 saturated heterocycles. The van der Waals surface area contributed by atoms with E-state index in [1.807, 2.05) is 24.3 Å². The first-order valence-electron chi connectivity index (χ1n) is 7.92. The normalized spacial score (nSPS) is 12.1. The minimum absolute atomic E-state index is 0.00675. The molecule has 0 spiro atoms. The first kappa shape index (κ1) is 19.7. The zero-order valence-corrected chi connectivity index (χ0v) is 14.9. The number of benzene rings is 1. The van der Waals surface area contributed by atoms with Gasteiger partial charge in [-0.1, -0.05) is 45.0 Å². The Hall–Kier alpha value is -2.64. The molecule has 0 unspecified atom stereocenters. The molecule has 1 aromatic carbocycles. The fourth-order valence-corrected chi connectivity index (χ4v) is 2.33. The summed E-state index contributed by atoms with van der Waals surface area (Å²) in [5, 5.41) is 11.9. The maximum Gasteiger partial charge on any atom is 0.451 e. The van der Waals surface area contributed by atoms with Crippen molar-refractivity contribution >= 4 is 11.8 Å². The number of carboxylic acids is 1. The van der Waals surface area contributed by atoms with Gasteiger partial charge in [-0.25, -0.2) is 14.8 Å². The number of hydrogen-bond acceptors (Lipinski definition) is 4. The monoisotopic (exact) mass is 367 g/mol. The van der Waals surface area contributed by atoms with E-state index >= 15 is 0 Å². The Balaban J connectivity index is 2.28. The van der Waals surface area contributed by atoms with E-state index in [0.717, 1.165) is 11.1 Å². The van der Waals surface area contributed by atoms with Crippen LogP contribution in [0.25, 0.3) is 0 Å². The highest BCUT2D eigenvalue weighted by molar-refractivity contribution is 5.88. The summed E-state index contributed by atoms with van der Waals surface area (Å²) in [5.74, 6) is -3.16. The predicted molar refractivity (Wildman–Crippen MR) is 91.2 cm³/mol. The molecule has 1 heterocycles. The molecule has 0 aliphatic heterocycles. The van der Waals surface area contributed by atoms with E-state index in [1.165, 1.54) is 6.92 Å². The van der Waals surface area contributed by atoms with E-state index in [4.69, 9.17) is 5.11 Å². The van der Waals surface area contributed by atoms with Crippen molar-refractivity contribution < 1.29 is 23.1 Å². The van der Waals surface area contributed by atoms with Crippen molar-refractivity contribution in [1.82, 2.24) is 9.97 Å². The van der Waals surface area contributed by atoms with Crippen LogP contribution in [-0.4, -0.2) is 21.0 Å². The maximum absolute atomic E-state index is 12.9. The van der Waals surface area contributed by atoms with E-state index < -0.39 is 23.7 Å². The van der Waals surface area contributed by atoms with Crippen molar-refractivity contribution in [3.05, 3.63) is 52.5 Å². The molecule has 2 N–H and O–H groups in total. The lowest BCUT2D eigenvalue weighted by atomic mass is 9.87. The van der Waals surface area contributed by atoms with Gasteiger partial charge in [-0.2, -0.15) is 13.2 Å². The lowest BCUT2D eigenvalue weighted by Gasteiger charge is -2.19. The molecule has 2 rings (SSSR count). The molecule has 0 aliphatic rings. The Bertz CT molecular complexity index is 810.